The summed E-state index contributed by atoms with van der Waals surface area (Å²) in [6.45, 7) is 3.83. The molecule has 0 saturated carbocycles. The van der Waals surface area contributed by atoms with Crippen LogP contribution < -0.4 is 16.0 Å². The maximum atomic E-state index is 12.3. The Hall–Kier alpha value is -2.97. The molecule has 0 bridgehead atoms. The first-order chi connectivity index (χ1) is 12.0. The molecule has 25 heavy (non-hydrogen) atoms. The quantitative estimate of drug-likeness (QED) is 0.776. The molecule has 1 aromatic heterocycles. The minimum atomic E-state index is -0.426. The summed E-state index contributed by atoms with van der Waals surface area (Å²) in [6.07, 6.45) is 0.932. The van der Waals surface area contributed by atoms with Gasteiger partial charge < -0.3 is 10.6 Å². The first-order valence-corrected chi connectivity index (χ1v) is 8.24. The van der Waals surface area contributed by atoms with Crippen LogP contribution in [0.4, 0.5) is 10.7 Å². The number of amides is 3. The highest BCUT2D eigenvalue weighted by Crippen LogP contribution is 2.24. The molecule has 9 nitrogen and oxygen atoms in total. The molecule has 3 N–H and O–H groups in total. The Bertz CT molecular complexity index is 744. The fourth-order valence-corrected chi connectivity index (χ4v) is 2.73. The number of tetrazole rings is 1. The molecule has 1 aromatic carbocycles. The second-order valence-electron chi connectivity index (χ2n) is 6.23. The van der Waals surface area contributed by atoms with E-state index < -0.39 is 6.03 Å². The number of rotatable bonds is 4. The number of benzene rings is 1. The largest absolute Gasteiger partial charge is 0.347 e. The first kappa shape index (κ1) is 16.9. The van der Waals surface area contributed by atoms with Gasteiger partial charge in [-0.1, -0.05) is 35.4 Å². The molecular formula is C16H21N7O2. The summed E-state index contributed by atoms with van der Waals surface area (Å²) in [5.74, 6) is 0.121. The fraction of sp³-hybridized carbons (Fsp3) is 0.438. The van der Waals surface area contributed by atoms with Crippen LogP contribution in [0.15, 0.2) is 30.3 Å². The van der Waals surface area contributed by atoms with Crippen molar-refractivity contribution in [2.24, 2.45) is 0 Å². The van der Waals surface area contributed by atoms with Crippen molar-refractivity contribution in [1.29, 1.82) is 0 Å². The third-order valence-corrected chi connectivity index (χ3v) is 3.99. The summed E-state index contributed by atoms with van der Waals surface area (Å²) in [7, 11) is 0. The summed E-state index contributed by atoms with van der Waals surface area (Å²) < 4.78 is 0. The van der Waals surface area contributed by atoms with E-state index in [4.69, 9.17) is 0 Å². The van der Waals surface area contributed by atoms with Crippen LogP contribution in [0.2, 0.25) is 0 Å². The van der Waals surface area contributed by atoms with E-state index in [-0.39, 0.29) is 30.0 Å². The average Bonchev–Trinajstić information content (AvgIpc) is 3.06. The third kappa shape index (κ3) is 4.11. The summed E-state index contributed by atoms with van der Waals surface area (Å²) in [6, 6.07) is 8.72. The van der Waals surface area contributed by atoms with Crippen LogP contribution in [0, 0.1) is 0 Å². The Kier molecular flexibility index (Phi) is 4.92. The monoisotopic (exact) mass is 343 g/mol. The van der Waals surface area contributed by atoms with E-state index in [9.17, 15) is 9.59 Å². The maximum Gasteiger partial charge on any atom is 0.322 e. The molecule has 0 spiro atoms. The lowest BCUT2D eigenvalue weighted by Gasteiger charge is -2.33. The van der Waals surface area contributed by atoms with Crippen LogP contribution in [0.5, 0.6) is 0 Å². The minimum absolute atomic E-state index is 0.0196. The summed E-state index contributed by atoms with van der Waals surface area (Å²) >= 11 is 0. The first-order valence-electron chi connectivity index (χ1n) is 8.24. The van der Waals surface area contributed by atoms with Gasteiger partial charge in [-0.15, -0.1) is 5.10 Å². The molecular weight excluding hydrogens is 322 g/mol. The van der Waals surface area contributed by atoms with E-state index >= 15 is 0 Å². The molecule has 1 aliphatic heterocycles. The number of piperidine rings is 1. The minimum Gasteiger partial charge on any atom is -0.347 e. The Morgan fingerprint density at radius 1 is 1.32 bits per heavy atom. The standard InChI is InChI=1S/C16H21N7O2/c1-10(2)23-21-15(20-22-23)19-16(25)17-12-8-9-13(24)18-14(12)11-6-4-3-5-7-11/h3-7,10,12,14H,8-9H2,1-2H3,(H,18,24)(H2,17,19,21,25)/t12-,14+/m1/s1. The van der Waals surface area contributed by atoms with Crippen LogP contribution in [-0.4, -0.2) is 38.2 Å². The lowest BCUT2D eigenvalue weighted by Crippen LogP contribution is -2.51. The van der Waals surface area contributed by atoms with Crippen molar-refractivity contribution < 1.29 is 9.59 Å². The molecule has 132 valence electrons. The second kappa shape index (κ2) is 7.29. The number of nitrogens with zero attached hydrogens (tertiary/aromatic N) is 4. The number of anilines is 1. The number of carbonyl (C=O) groups excluding carboxylic acids is 2. The maximum absolute atomic E-state index is 12.3. The predicted molar refractivity (Wildman–Crippen MR) is 90.7 cm³/mol. The summed E-state index contributed by atoms with van der Waals surface area (Å²) in [5, 5.41) is 20.2. The van der Waals surface area contributed by atoms with Crippen LogP contribution >= 0.6 is 0 Å². The molecule has 3 amide bonds. The van der Waals surface area contributed by atoms with Crippen LogP contribution in [0.3, 0.4) is 0 Å². The molecule has 2 atom stereocenters. The number of hydrogen-bond acceptors (Lipinski definition) is 5. The number of nitrogens with one attached hydrogen (secondary N) is 3. The predicted octanol–water partition coefficient (Wildman–Crippen LogP) is 1.40. The Balaban J connectivity index is 1.66. The van der Waals surface area contributed by atoms with Gasteiger partial charge in [-0.3, -0.25) is 10.1 Å². The van der Waals surface area contributed by atoms with Gasteiger partial charge in [-0.25, -0.2) is 4.79 Å². The molecule has 1 saturated heterocycles. The smallest absolute Gasteiger partial charge is 0.322 e. The Morgan fingerprint density at radius 3 is 2.76 bits per heavy atom. The zero-order valence-corrected chi connectivity index (χ0v) is 14.1. The van der Waals surface area contributed by atoms with Gasteiger partial charge in [-0.2, -0.15) is 4.80 Å². The molecule has 3 rings (SSSR count). The van der Waals surface area contributed by atoms with Crippen molar-refractivity contribution >= 4 is 17.9 Å². The van der Waals surface area contributed by atoms with Crippen molar-refractivity contribution in [2.75, 3.05) is 5.32 Å². The highest BCUT2D eigenvalue weighted by Gasteiger charge is 2.31. The van der Waals surface area contributed by atoms with Gasteiger partial charge in [-0.05, 0) is 31.0 Å². The van der Waals surface area contributed by atoms with Crippen molar-refractivity contribution in [1.82, 2.24) is 30.8 Å². The number of urea groups is 1. The molecule has 9 heteroatoms. The Labute approximate surface area is 145 Å². The van der Waals surface area contributed by atoms with Gasteiger partial charge in [0.05, 0.1) is 18.1 Å². The lowest BCUT2D eigenvalue weighted by molar-refractivity contribution is -0.123. The second-order valence-corrected chi connectivity index (χ2v) is 6.23. The molecule has 1 fully saturated rings. The van der Waals surface area contributed by atoms with Gasteiger partial charge in [0.2, 0.25) is 5.91 Å². The zero-order chi connectivity index (χ0) is 17.8. The van der Waals surface area contributed by atoms with Crippen molar-refractivity contribution in [3.63, 3.8) is 0 Å². The average molecular weight is 343 g/mol. The molecule has 1 aliphatic rings. The summed E-state index contributed by atoms with van der Waals surface area (Å²) in [5.41, 5.74) is 0.949. The highest BCUT2D eigenvalue weighted by atomic mass is 16.2. The van der Waals surface area contributed by atoms with Gasteiger partial charge in [0.25, 0.3) is 5.95 Å². The van der Waals surface area contributed by atoms with E-state index in [1.807, 2.05) is 44.2 Å². The number of hydrogen-bond donors (Lipinski definition) is 3. The van der Waals surface area contributed by atoms with E-state index in [0.717, 1.165) is 5.56 Å². The number of aromatic nitrogens is 4. The van der Waals surface area contributed by atoms with Gasteiger partial charge >= 0.3 is 6.03 Å². The van der Waals surface area contributed by atoms with Crippen molar-refractivity contribution in [3.05, 3.63) is 35.9 Å². The van der Waals surface area contributed by atoms with E-state index in [0.29, 0.717) is 12.8 Å². The molecule has 0 unspecified atom stereocenters. The van der Waals surface area contributed by atoms with E-state index in [1.165, 1.54) is 4.80 Å². The third-order valence-electron chi connectivity index (χ3n) is 3.99. The van der Waals surface area contributed by atoms with E-state index in [2.05, 4.69) is 31.4 Å². The highest BCUT2D eigenvalue weighted by molar-refractivity contribution is 5.87. The Morgan fingerprint density at radius 2 is 2.08 bits per heavy atom. The van der Waals surface area contributed by atoms with Gasteiger partial charge in [0.1, 0.15) is 0 Å². The summed E-state index contributed by atoms with van der Waals surface area (Å²) in [4.78, 5) is 25.5. The van der Waals surface area contributed by atoms with Crippen molar-refractivity contribution in [3.8, 4) is 0 Å². The molecule has 0 aliphatic carbocycles. The molecule has 0 radical (unpaired) electrons. The SMILES string of the molecule is CC(C)n1nnc(NC(=O)N[C@@H]2CCC(=O)N[C@H]2c2ccccc2)n1. The fourth-order valence-electron chi connectivity index (χ4n) is 2.73. The topological polar surface area (TPSA) is 114 Å². The van der Waals surface area contributed by atoms with Crippen LogP contribution in [0.1, 0.15) is 44.3 Å². The van der Waals surface area contributed by atoms with Gasteiger partial charge in [0.15, 0.2) is 0 Å². The van der Waals surface area contributed by atoms with Gasteiger partial charge in [0, 0.05) is 6.42 Å². The van der Waals surface area contributed by atoms with E-state index in [1.54, 1.807) is 0 Å². The molecule has 2 heterocycles. The normalized spacial score (nSPS) is 20.2. The number of carbonyl (C=O) groups is 2. The van der Waals surface area contributed by atoms with Crippen LogP contribution in [0.25, 0.3) is 0 Å². The molecule has 2 aromatic rings. The lowest BCUT2D eigenvalue weighted by atomic mass is 9.92. The van der Waals surface area contributed by atoms with Crippen molar-refractivity contribution in [2.45, 2.75) is 44.8 Å². The zero-order valence-electron chi connectivity index (χ0n) is 14.1. The van der Waals surface area contributed by atoms with Crippen LogP contribution in [-0.2, 0) is 4.79 Å².